The highest BCUT2D eigenvalue weighted by Gasteiger charge is 1.93. The van der Waals surface area contributed by atoms with E-state index in [2.05, 4.69) is 31.6 Å². The van der Waals surface area contributed by atoms with Gasteiger partial charge >= 0.3 is 0 Å². The molecule has 0 bridgehead atoms. The van der Waals surface area contributed by atoms with Gasteiger partial charge in [-0.25, -0.2) is 5.43 Å². The number of aryl methyl sites for hydroxylation is 2. The van der Waals surface area contributed by atoms with Gasteiger partial charge in [-0.1, -0.05) is 12.1 Å². The lowest BCUT2D eigenvalue weighted by atomic mass is 10.2. The number of guanidine groups is 1. The number of nitrogens with one attached hydrogen (secondary N) is 1. The summed E-state index contributed by atoms with van der Waals surface area (Å²) in [6.45, 7) is 0.666. The zero-order valence-corrected chi connectivity index (χ0v) is 13.1. The summed E-state index contributed by atoms with van der Waals surface area (Å²) in [5, 5.41) is 4.06. The normalized spacial score (nSPS) is 11.7. The number of rotatable bonds is 8. The third-order valence-electron chi connectivity index (χ3n) is 3.18. The number of nitrogens with zero attached hydrogens (tertiary/aromatic N) is 4. The van der Waals surface area contributed by atoms with E-state index in [1.54, 1.807) is 18.6 Å². The largest absolute Gasteiger partial charge is 0.369 e. The molecular weight excluding hydrogens is 288 g/mol. The van der Waals surface area contributed by atoms with Crippen LogP contribution in [0.4, 0.5) is 0 Å². The van der Waals surface area contributed by atoms with Crippen molar-refractivity contribution in [1.82, 2.24) is 15.4 Å². The molecule has 0 aliphatic rings. The monoisotopic (exact) mass is 310 g/mol. The molecule has 2 aromatic rings. The van der Waals surface area contributed by atoms with E-state index in [-0.39, 0.29) is 0 Å². The van der Waals surface area contributed by atoms with E-state index < -0.39 is 0 Å². The van der Waals surface area contributed by atoms with Crippen LogP contribution in [-0.2, 0) is 12.8 Å². The number of hydrogen-bond acceptors (Lipinski definition) is 4. The molecular formula is C17H22N6. The molecule has 0 aliphatic heterocycles. The number of aliphatic imine (C=N–C) groups is 1. The SMILES string of the molecule is NC(=NCCCc1cccnc1)N/N=C/CCc1cccnc1. The van der Waals surface area contributed by atoms with Crippen LogP contribution in [0.3, 0.4) is 0 Å². The quantitative estimate of drug-likeness (QED) is 0.337. The molecule has 0 radical (unpaired) electrons. The fourth-order valence-electron chi connectivity index (χ4n) is 2.02. The van der Waals surface area contributed by atoms with Crippen LogP contribution in [0.5, 0.6) is 0 Å². The van der Waals surface area contributed by atoms with Gasteiger partial charge in [-0.05, 0) is 48.9 Å². The predicted molar refractivity (Wildman–Crippen MR) is 93.2 cm³/mol. The summed E-state index contributed by atoms with van der Waals surface area (Å²) in [4.78, 5) is 12.4. The highest BCUT2D eigenvalue weighted by molar-refractivity contribution is 5.78. The Morgan fingerprint density at radius 1 is 1.09 bits per heavy atom. The van der Waals surface area contributed by atoms with Crippen molar-refractivity contribution in [1.29, 1.82) is 0 Å². The van der Waals surface area contributed by atoms with Crippen molar-refractivity contribution in [3.63, 3.8) is 0 Å². The maximum absolute atomic E-state index is 5.75. The molecule has 0 atom stereocenters. The van der Waals surface area contributed by atoms with Crippen molar-refractivity contribution < 1.29 is 0 Å². The first kappa shape index (κ1) is 16.6. The van der Waals surface area contributed by atoms with E-state index in [0.29, 0.717) is 12.5 Å². The van der Waals surface area contributed by atoms with Crippen molar-refractivity contribution in [3.8, 4) is 0 Å². The summed E-state index contributed by atoms with van der Waals surface area (Å²) in [5.74, 6) is 0.341. The van der Waals surface area contributed by atoms with Crippen molar-refractivity contribution in [3.05, 3.63) is 60.2 Å². The second-order valence-corrected chi connectivity index (χ2v) is 5.06. The zero-order valence-electron chi connectivity index (χ0n) is 13.1. The molecule has 3 N–H and O–H groups in total. The second-order valence-electron chi connectivity index (χ2n) is 5.06. The van der Waals surface area contributed by atoms with Crippen LogP contribution in [0.15, 0.2) is 59.1 Å². The first-order chi connectivity index (χ1) is 11.3. The highest BCUT2D eigenvalue weighted by atomic mass is 15.3. The molecule has 2 rings (SSSR count). The van der Waals surface area contributed by atoms with Gasteiger partial charge in [0.2, 0.25) is 5.96 Å². The predicted octanol–water partition coefficient (Wildman–Crippen LogP) is 1.93. The van der Waals surface area contributed by atoms with Crippen LogP contribution >= 0.6 is 0 Å². The summed E-state index contributed by atoms with van der Waals surface area (Å²) in [7, 11) is 0. The molecule has 2 heterocycles. The lowest BCUT2D eigenvalue weighted by Crippen LogP contribution is -2.27. The first-order valence-corrected chi connectivity index (χ1v) is 7.70. The minimum absolute atomic E-state index is 0.341. The molecule has 23 heavy (non-hydrogen) atoms. The van der Waals surface area contributed by atoms with E-state index >= 15 is 0 Å². The molecule has 120 valence electrons. The van der Waals surface area contributed by atoms with Crippen LogP contribution < -0.4 is 11.2 Å². The number of pyridine rings is 2. The third-order valence-corrected chi connectivity index (χ3v) is 3.18. The fourth-order valence-corrected chi connectivity index (χ4v) is 2.02. The van der Waals surface area contributed by atoms with Crippen molar-refractivity contribution in [2.45, 2.75) is 25.7 Å². The summed E-state index contributed by atoms with van der Waals surface area (Å²) in [6.07, 6.45) is 12.7. The van der Waals surface area contributed by atoms with E-state index in [1.807, 2.05) is 30.6 Å². The smallest absolute Gasteiger partial charge is 0.209 e. The van der Waals surface area contributed by atoms with E-state index in [1.165, 1.54) is 11.1 Å². The summed E-state index contributed by atoms with van der Waals surface area (Å²) in [6, 6.07) is 7.98. The number of hydrazone groups is 1. The Kier molecular flexibility index (Phi) is 7.26. The van der Waals surface area contributed by atoms with Gasteiger partial charge in [0.05, 0.1) is 0 Å². The molecule has 0 amide bonds. The highest BCUT2D eigenvalue weighted by Crippen LogP contribution is 2.00. The molecule has 2 aromatic heterocycles. The maximum Gasteiger partial charge on any atom is 0.209 e. The van der Waals surface area contributed by atoms with Gasteiger partial charge in [-0.3, -0.25) is 15.0 Å². The summed E-state index contributed by atoms with van der Waals surface area (Å²) < 4.78 is 0. The van der Waals surface area contributed by atoms with Gasteiger partial charge in [-0.15, -0.1) is 0 Å². The number of aromatic nitrogens is 2. The third kappa shape index (κ3) is 7.17. The van der Waals surface area contributed by atoms with Crippen LogP contribution in [0.25, 0.3) is 0 Å². The van der Waals surface area contributed by atoms with Crippen LogP contribution in [0, 0.1) is 0 Å². The van der Waals surface area contributed by atoms with Crippen LogP contribution in [0.2, 0.25) is 0 Å². The van der Waals surface area contributed by atoms with E-state index in [0.717, 1.165) is 25.7 Å². The average Bonchev–Trinajstić information content (AvgIpc) is 2.60. The van der Waals surface area contributed by atoms with Crippen LogP contribution in [0.1, 0.15) is 24.0 Å². The molecule has 0 aliphatic carbocycles. The van der Waals surface area contributed by atoms with Gasteiger partial charge < -0.3 is 5.73 Å². The van der Waals surface area contributed by atoms with Crippen molar-refractivity contribution in [2.24, 2.45) is 15.8 Å². The average molecular weight is 310 g/mol. The summed E-state index contributed by atoms with van der Waals surface area (Å²) in [5.41, 5.74) is 10.9. The Labute approximate surface area is 136 Å². The number of nitrogens with two attached hydrogens (primary N) is 1. The van der Waals surface area contributed by atoms with Gasteiger partial charge in [0, 0.05) is 37.5 Å². The number of hydrogen-bond donors (Lipinski definition) is 2. The molecule has 6 nitrogen and oxygen atoms in total. The second kappa shape index (κ2) is 10.0. The van der Waals surface area contributed by atoms with Gasteiger partial charge in [-0.2, -0.15) is 5.10 Å². The fraction of sp³-hybridized carbons (Fsp3) is 0.294. The Morgan fingerprint density at radius 3 is 2.43 bits per heavy atom. The van der Waals surface area contributed by atoms with Crippen LogP contribution in [-0.4, -0.2) is 28.7 Å². The van der Waals surface area contributed by atoms with Crippen molar-refractivity contribution in [2.75, 3.05) is 6.54 Å². The Bertz CT molecular complexity index is 609. The van der Waals surface area contributed by atoms with E-state index in [9.17, 15) is 0 Å². The topological polar surface area (TPSA) is 88.5 Å². The van der Waals surface area contributed by atoms with E-state index in [4.69, 9.17) is 5.73 Å². The minimum atomic E-state index is 0.341. The molecule has 0 saturated carbocycles. The molecule has 6 heteroatoms. The van der Waals surface area contributed by atoms with Gasteiger partial charge in [0.15, 0.2) is 0 Å². The Balaban J connectivity index is 1.58. The van der Waals surface area contributed by atoms with Gasteiger partial charge in [0.25, 0.3) is 0 Å². The molecule has 0 aromatic carbocycles. The lowest BCUT2D eigenvalue weighted by molar-refractivity contribution is 0.819. The summed E-state index contributed by atoms with van der Waals surface area (Å²) >= 11 is 0. The Hall–Kier alpha value is -2.76. The molecule has 0 fully saturated rings. The lowest BCUT2D eigenvalue weighted by Gasteiger charge is -2.01. The standard InChI is InChI=1S/C17H22N6/c18-17(21-11-3-7-15-5-1-9-19-13-15)23-22-12-4-8-16-6-2-10-20-14-16/h1-2,5-6,9-10,12-14H,3-4,7-8,11H2,(H3,18,21,23)/b22-12+. The van der Waals surface area contributed by atoms with Gasteiger partial charge in [0.1, 0.15) is 0 Å². The Morgan fingerprint density at radius 2 is 1.78 bits per heavy atom. The minimum Gasteiger partial charge on any atom is -0.369 e. The molecule has 0 spiro atoms. The van der Waals surface area contributed by atoms with Crippen molar-refractivity contribution >= 4 is 12.2 Å². The maximum atomic E-state index is 5.75. The zero-order chi connectivity index (χ0) is 16.2. The molecule has 0 unspecified atom stereocenters. The first-order valence-electron chi connectivity index (χ1n) is 7.70. The molecule has 0 saturated heterocycles.